The highest BCUT2D eigenvalue weighted by atomic mass is 19.4. The number of alkyl halides is 3. The van der Waals surface area contributed by atoms with Crippen molar-refractivity contribution >= 4 is 6.21 Å². The number of halogens is 3. The van der Waals surface area contributed by atoms with Gasteiger partial charge in [-0.25, -0.2) is 0 Å². The molecule has 0 saturated heterocycles. The smallest absolute Gasteiger partial charge is 0.375 e. The minimum Gasteiger partial charge on any atom is -0.375 e. The van der Waals surface area contributed by atoms with E-state index in [1.54, 1.807) is 0 Å². The Morgan fingerprint density at radius 1 is 1.58 bits per heavy atom. The molecule has 12 heavy (non-hydrogen) atoms. The number of nitro groups is 1. The minimum atomic E-state index is -4.76. The van der Waals surface area contributed by atoms with Crippen molar-refractivity contribution in [1.29, 1.82) is 0 Å². The van der Waals surface area contributed by atoms with E-state index in [1.807, 2.05) is 0 Å². The summed E-state index contributed by atoms with van der Waals surface area (Å²) >= 11 is 0. The summed E-state index contributed by atoms with van der Waals surface area (Å²) in [5.41, 5.74) is 0. The van der Waals surface area contributed by atoms with Crippen molar-refractivity contribution in [3.8, 4) is 0 Å². The molecule has 0 amide bonds. The molecule has 1 aliphatic heterocycles. The van der Waals surface area contributed by atoms with Gasteiger partial charge < -0.3 is 4.84 Å². The van der Waals surface area contributed by atoms with Crippen LogP contribution in [0.3, 0.4) is 0 Å². The van der Waals surface area contributed by atoms with E-state index < -0.39 is 23.2 Å². The predicted octanol–water partition coefficient (Wildman–Crippen LogP) is 0.579. The summed E-state index contributed by atoms with van der Waals surface area (Å²) < 4.78 is 35.6. The molecule has 8 heteroatoms. The summed E-state index contributed by atoms with van der Waals surface area (Å²) in [6.07, 6.45) is -6.68. The van der Waals surface area contributed by atoms with Crippen LogP contribution in [0.4, 0.5) is 13.2 Å². The van der Waals surface area contributed by atoms with Gasteiger partial charge in [0.15, 0.2) is 0 Å². The third-order valence-electron chi connectivity index (χ3n) is 1.26. The number of hydrogen-bond acceptors (Lipinski definition) is 4. The lowest BCUT2D eigenvalue weighted by atomic mass is 10.2. The summed E-state index contributed by atoms with van der Waals surface area (Å²) in [6.45, 7) is 0. The molecule has 1 rings (SSSR count). The van der Waals surface area contributed by atoms with Crippen LogP contribution in [0.1, 0.15) is 0 Å². The van der Waals surface area contributed by atoms with Crippen molar-refractivity contribution in [2.75, 3.05) is 0 Å². The normalized spacial score (nSPS) is 28.6. The van der Waals surface area contributed by atoms with E-state index in [1.165, 1.54) is 0 Å². The molecule has 0 aromatic heterocycles. The van der Waals surface area contributed by atoms with E-state index in [0.717, 1.165) is 0 Å². The Balaban J connectivity index is 2.75. The molecule has 0 aromatic carbocycles. The fourth-order valence-electron chi connectivity index (χ4n) is 0.722. The first-order chi connectivity index (χ1) is 5.43. The Morgan fingerprint density at radius 2 is 2.17 bits per heavy atom. The highest BCUT2D eigenvalue weighted by Crippen LogP contribution is 2.28. The van der Waals surface area contributed by atoms with E-state index >= 15 is 0 Å². The third-order valence-corrected chi connectivity index (χ3v) is 1.26. The third kappa shape index (κ3) is 1.46. The Bertz CT molecular complexity index is 226. The molecule has 0 spiro atoms. The van der Waals surface area contributed by atoms with Gasteiger partial charge >= 0.3 is 6.18 Å². The monoisotopic (exact) mass is 184 g/mol. The molecule has 0 radical (unpaired) electrons. The first-order valence-electron chi connectivity index (χ1n) is 2.82. The average Bonchev–Trinajstić information content (AvgIpc) is 2.30. The largest absolute Gasteiger partial charge is 0.435 e. The van der Waals surface area contributed by atoms with Crippen LogP contribution in [0.5, 0.6) is 0 Å². The SMILES string of the molecule is O=[N+]([O-])C1C=NOC1C(F)(F)F. The topological polar surface area (TPSA) is 64.7 Å². The Morgan fingerprint density at radius 3 is 2.50 bits per heavy atom. The Hall–Kier alpha value is -1.34. The lowest BCUT2D eigenvalue weighted by Gasteiger charge is -2.13. The molecule has 0 saturated carbocycles. The van der Waals surface area contributed by atoms with Gasteiger partial charge in [0.25, 0.3) is 12.1 Å². The first-order valence-corrected chi connectivity index (χ1v) is 2.82. The van der Waals surface area contributed by atoms with E-state index in [2.05, 4.69) is 9.99 Å². The van der Waals surface area contributed by atoms with Gasteiger partial charge in [0, 0.05) is 4.92 Å². The summed E-state index contributed by atoms with van der Waals surface area (Å²) in [5, 5.41) is 12.7. The van der Waals surface area contributed by atoms with Crippen molar-refractivity contribution in [1.82, 2.24) is 0 Å². The molecular formula is C4H3F3N2O3. The zero-order chi connectivity index (χ0) is 9.35. The molecule has 0 aromatic rings. The second-order valence-electron chi connectivity index (χ2n) is 2.10. The molecule has 68 valence electrons. The summed E-state index contributed by atoms with van der Waals surface area (Å²) in [7, 11) is 0. The minimum absolute atomic E-state index is 0.526. The van der Waals surface area contributed by atoms with Gasteiger partial charge in [-0.15, -0.1) is 0 Å². The van der Waals surface area contributed by atoms with Gasteiger partial charge in [-0.05, 0) is 0 Å². The van der Waals surface area contributed by atoms with E-state index in [0.29, 0.717) is 6.21 Å². The summed E-state index contributed by atoms with van der Waals surface area (Å²) in [4.78, 5) is 12.7. The lowest BCUT2D eigenvalue weighted by Crippen LogP contribution is -2.42. The van der Waals surface area contributed by atoms with E-state index in [-0.39, 0.29) is 0 Å². The quantitative estimate of drug-likeness (QED) is 0.442. The van der Waals surface area contributed by atoms with Crippen molar-refractivity contribution in [2.45, 2.75) is 18.3 Å². The lowest BCUT2D eigenvalue weighted by molar-refractivity contribution is -0.520. The standard InChI is InChI=1S/C4H3F3N2O3/c5-4(6,7)3-2(9(10)11)1-8-12-3/h1-3H. The van der Waals surface area contributed by atoms with Gasteiger partial charge in [-0.1, -0.05) is 5.16 Å². The van der Waals surface area contributed by atoms with Crippen molar-refractivity contribution in [3.63, 3.8) is 0 Å². The average molecular weight is 184 g/mol. The van der Waals surface area contributed by atoms with E-state index in [9.17, 15) is 23.3 Å². The number of rotatable bonds is 1. The Labute approximate surface area is 63.9 Å². The van der Waals surface area contributed by atoms with Crippen molar-refractivity contribution < 1.29 is 22.9 Å². The fraction of sp³-hybridized carbons (Fsp3) is 0.750. The fourth-order valence-corrected chi connectivity index (χ4v) is 0.722. The van der Waals surface area contributed by atoms with Crippen LogP contribution in [-0.2, 0) is 4.84 Å². The molecule has 0 N–H and O–H groups in total. The van der Waals surface area contributed by atoms with Crippen molar-refractivity contribution in [3.05, 3.63) is 10.1 Å². The van der Waals surface area contributed by atoms with Gasteiger partial charge in [-0.2, -0.15) is 13.2 Å². The molecule has 5 nitrogen and oxygen atoms in total. The highest BCUT2D eigenvalue weighted by Gasteiger charge is 2.55. The van der Waals surface area contributed by atoms with Crippen LogP contribution in [0.2, 0.25) is 0 Å². The zero-order valence-corrected chi connectivity index (χ0v) is 5.49. The second-order valence-corrected chi connectivity index (χ2v) is 2.10. The molecule has 1 aliphatic rings. The first kappa shape index (κ1) is 8.75. The van der Waals surface area contributed by atoms with Gasteiger partial charge in [0.2, 0.25) is 0 Å². The van der Waals surface area contributed by atoms with Gasteiger partial charge in [-0.3, -0.25) is 10.1 Å². The summed E-state index contributed by atoms with van der Waals surface area (Å²) in [5.74, 6) is 0. The zero-order valence-electron chi connectivity index (χ0n) is 5.49. The van der Waals surface area contributed by atoms with Crippen LogP contribution < -0.4 is 0 Å². The van der Waals surface area contributed by atoms with Crippen LogP contribution in [0.15, 0.2) is 5.16 Å². The molecule has 0 bridgehead atoms. The number of nitrogens with zero attached hydrogens (tertiary/aromatic N) is 2. The van der Waals surface area contributed by atoms with Crippen molar-refractivity contribution in [2.24, 2.45) is 5.16 Å². The molecule has 0 fully saturated rings. The summed E-state index contributed by atoms with van der Waals surface area (Å²) in [6, 6.07) is -1.93. The molecule has 2 unspecified atom stereocenters. The Kier molecular flexibility index (Phi) is 1.90. The van der Waals surface area contributed by atoms with Crippen LogP contribution >= 0.6 is 0 Å². The maximum Gasteiger partial charge on any atom is 0.435 e. The molecule has 1 heterocycles. The molecular weight excluding hydrogens is 181 g/mol. The predicted molar refractivity (Wildman–Crippen MR) is 30.2 cm³/mol. The van der Waals surface area contributed by atoms with Gasteiger partial charge in [0.05, 0.1) is 0 Å². The van der Waals surface area contributed by atoms with Crippen LogP contribution in [0.25, 0.3) is 0 Å². The molecule has 0 aliphatic carbocycles. The van der Waals surface area contributed by atoms with Crippen LogP contribution in [-0.4, -0.2) is 29.5 Å². The van der Waals surface area contributed by atoms with Crippen LogP contribution in [0, 0.1) is 10.1 Å². The second kappa shape index (κ2) is 2.61. The number of hydrogen-bond donors (Lipinski definition) is 0. The van der Waals surface area contributed by atoms with Gasteiger partial charge in [0.1, 0.15) is 6.21 Å². The molecule has 2 atom stereocenters. The maximum atomic E-state index is 11.9. The highest BCUT2D eigenvalue weighted by molar-refractivity contribution is 5.64. The van der Waals surface area contributed by atoms with E-state index in [4.69, 9.17) is 0 Å². The number of oxime groups is 1. The maximum absolute atomic E-state index is 11.9.